The SMILES string of the molecule is CN(C(=O)C1(C(=O)O)CCC1)C1CCC1. The fraction of sp³-hybridized carbons (Fsp3) is 0.818. The van der Waals surface area contributed by atoms with E-state index in [0.717, 1.165) is 25.7 Å². The van der Waals surface area contributed by atoms with Crippen molar-refractivity contribution >= 4 is 11.9 Å². The van der Waals surface area contributed by atoms with Crippen LogP contribution in [-0.4, -0.2) is 35.0 Å². The molecule has 15 heavy (non-hydrogen) atoms. The van der Waals surface area contributed by atoms with Gasteiger partial charge < -0.3 is 10.0 Å². The molecule has 0 aliphatic heterocycles. The quantitative estimate of drug-likeness (QED) is 0.715. The largest absolute Gasteiger partial charge is 0.480 e. The van der Waals surface area contributed by atoms with Crippen molar-refractivity contribution in [3.8, 4) is 0 Å². The Bertz CT molecular complexity index is 292. The monoisotopic (exact) mass is 211 g/mol. The molecular weight excluding hydrogens is 194 g/mol. The van der Waals surface area contributed by atoms with E-state index >= 15 is 0 Å². The molecule has 0 bridgehead atoms. The van der Waals surface area contributed by atoms with E-state index in [0.29, 0.717) is 12.8 Å². The molecule has 1 amide bonds. The van der Waals surface area contributed by atoms with Crippen LogP contribution in [0.5, 0.6) is 0 Å². The highest BCUT2D eigenvalue weighted by atomic mass is 16.4. The van der Waals surface area contributed by atoms with Crippen LogP contribution in [0, 0.1) is 5.41 Å². The zero-order chi connectivity index (χ0) is 11.1. The van der Waals surface area contributed by atoms with Gasteiger partial charge in [0.15, 0.2) is 0 Å². The predicted molar refractivity (Wildman–Crippen MR) is 54.3 cm³/mol. The van der Waals surface area contributed by atoms with Crippen molar-refractivity contribution in [1.29, 1.82) is 0 Å². The first-order valence-electron chi connectivity index (χ1n) is 5.58. The van der Waals surface area contributed by atoms with E-state index in [4.69, 9.17) is 5.11 Å². The maximum Gasteiger partial charge on any atom is 0.319 e. The highest BCUT2D eigenvalue weighted by Gasteiger charge is 2.53. The van der Waals surface area contributed by atoms with E-state index in [1.54, 1.807) is 11.9 Å². The summed E-state index contributed by atoms with van der Waals surface area (Å²) in [6, 6.07) is 0.286. The van der Waals surface area contributed by atoms with E-state index in [1.807, 2.05) is 0 Å². The van der Waals surface area contributed by atoms with Crippen molar-refractivity contribution in [1.82, 2.24) is 4.90 Å². The minimum absolute atomic E-state index is 0.175. The molecule has 0 spiro atoms. The van der Waals surface area contributed by atoms with Crippen LogP contribution in [0.3, 0.4) is 0 Å². The lowest BCUT2D eigenvalue weighted by Gasteiger charge is -2.43. The maximum atomic E-state index is 12.1. The van der Waals surface area contributed by atoms with Crippen LogP contribution in [0.1, 0.15) is 38.5 Å². The van der Waals surface area contributed by atoms with E-state index in [9.17, 15) is 9.59 Å². The van der Waals surface area contributed by atoms with E-state index in [1.165, 1.54) is 0 Å². The summed E-state index contributed by atoms with van der Waals surface area (Å²) < 4.78 is 0. The molecule has 4 heteroatoms. The van der Waals surface area contributed by atoms with Crippen LogP contribution in [0.2, 0.25) is 0 Å². The number of nitrogens with zero attached hydrogens (tertiary/aromatic N) is 1. The summed E-state index contributed by atoms with van der Waals surface area (Å²) >= 11 is 0. The Morgan fingerprint density at radius 3 is 2.13 bits per heavy atom. The molecule has 1 N–H and O–H groups in total. The number of amides is 1. The molecular formula is C11H17NO3. The third kappa shape index (κ3) is 1.43. The maximum absolute atomic E-state index is 12.1. The van der Waals surface area contributed by atoms with Gasteiger partial charge in [-0.1, -0.05) is 6.42 Å². The fourth-order valence-electron chi connectivity index (χ4n) is 2.33. The van der Waals surface area contributed by atoms with Crippen molar-refractivity contribution in [3.63, 3.8) is 0 Å². The van der Waals surface area contributed by atoms with Crippen LogP contribution in [-0.2, 0) is 9.59 Å². The molecule has 0 atom stereocenters. The van der Waals surface area contributed by atoms with E-state index < -0.39 is 11.4 Å². The molecule has 2 aliphatic carbocycles. The van der Waals surface area contributed by atoms with Crippen LogP contribution in [0.4, 0.5) is 0 Å². The number of carboxylic acids is 1. The molecule has 0 saturated heterocycles. The number of hydrogen-bond donors (Lipinski definition) is 1. The highest BCUT2D eigenvalue weighted by molar-refractivity contribution is 6.02. The van der Waals surface area contributed by atoms with Gasteiger partial charge in [0.25, 0.3) is 0 Å². The van der Waals surface area contributed by atoms with Crippen LogP contribution >= 0.6 is 0 Å². The normalized spacial score (nSPS) is 23.8. The summed E-state index contributed by atoms with van der Waals surface area (Å²) in [6.07, 6.45) is 5.09. The molecule has 2 saturated carbocycles. The lowest BCUT2D eigenvalue weighted by atomic mass is 9.67. The van der Waals surface area contributed by atoms with Crippen molar-refractivity contribution in [2.75, 3.05) is 7.05 Å². The molecule has 2 aliphatic rings. The number of aliphatic carboxylic acids is 1. The van der Waals surface area contributed by atoms with Gasteiger partial charge in [-0.25, -0.2) is 0 Å². The van der Waals surface area contributed by atoms with E-state index in [-0.39, 0.29) is 11.9 Å². The third-order valence-electron chi connectivity index (χ3n) is 3.97. The van der Waals surface area contributed by atoms with Crippen molar-refractivity contribution < 1.29 is 14.7 Å². The Morgan fingerprint density at radius 2 is 1.87 bits per heavy atom. The van der Waals surface area contributed by atoms with Gasteiger partial charge in [-0.2, -0.15) is 0 Å². The number of carbonyl (C=O) groups excluding carboxylic acids is 1. The lowest BCUT2D eigenvalue weighted by Crippen LogP contribution is -2.55. The van der Waals surface area contributed by atoms with Crippen molar-refractivity contribution in [3.05, 3.63) is 0 Å². The summed E-state index contributed by atoms with van der Waals surface area (Å²) in [6.45, 7) is 0. The smallest absolute Gasteiger partial charge is 0.319 e. The first-order valence-corrected chi connectivity index (χ1v) is 5.58. The number of carbonyl (C=O) groups is 2. The van der Waals surface area contributed by atoms with Gasteiger partial charge in [0.2, 0.25) is 5.91 Å². The average molecular weight is 211 g/mol. The Morgan fingerprint density at radius 1 is 1.27 bits per heavy atom. The molecule has 0 radical (unpaired) electrons. The van der Waals surface area contributed by atoms with Gasteiger partial charge >= 0.3 is 5.97 Å². The van der Waals surface area contributed by atoms with Crippen molar-refractivity contribution in [2.45, 2.75) is 44.6 Å². The van der Waals surface area contributed by atoms with Gasteiger partial charge in [0.05, 0.1) is 0 Å². The summed E-state index contributed by atoms with van der Waals surface area (Å²) in [5.41, 5.74) is -1.08. The van der Waals surface area contributed by atoms with E-state index in [2.05, 4.69) is 0 Å². The second-order valence-electron chi connectivity index (χ2n) is 4.74. The highest BCUT2D eigenvalue weighted by Crippen LogP contribution is 2.43. The first-order chi connectivity index (χ1) is 7.08. The number of carboxylic acid groups (broad SMARTS) is 1. The second-order valence-corrected chi connectivity index (χ2v) is 4.74. The lowest BCUT2D eigenvalue weighted by molar-refractivity contribution is -0.168. The molecule has 0 unspecified atom stereocenters. The summed E-state index contributed by atoms with van der Waals surface area (Å²) in [7, 11) is 1.75. The molecule has 0 aromatic heterocycles. The van der Waals surface area contributed by atoms with Crippen LogP contribution in [0.15, 0.2) is 0 Å². The Balaban J connectivity index is 2.07. The molecule has 2 rings (SSSR count). The number of hydrogen-bond acceptors (Lipinski definition) is 2. The summed E-state index contributed by atoms with van der Waals surface area (Å²) in [5, 5.41) is 9.13. The summed E-state index contributed by atoms with van der Waals surface area (Å²) in [4.78, 5) is 24.9. The predicted octanol–water partition coefficient (Wildman–Crippen LogP) is 1.25. The molecule has 0 heterocycles. The topological polar surface area (TPSA) is 57.6 Å². The summed E-state index contributed by atoms with van der Waals surface area (Å²) in [5.74, 6) is -1.11. The Kier molecular flexibility index (Phi) is 2.44. The zero-order valence-corrected chi connectivity index (χ0v) is 9.03. The van der Waals surface area contributed by atoms with Gasteiger partial charge in [-0.05, 0) is 32.1 Å². The first kappa shape index (κ1) is 10.5. The van der Waals surface area contributed by atoms with Gasteiger partial charge in [0, 0.05) is 13.1 Å². The standard InChI is InChI=1S/C11H17NO3/c1-12(8-4-2-5-8)9(13)11(10(14)15)6-3-7-11/h8H,2-7H2,1H3,(H,14,15). The molecule has 4 nitrogen and oxygen atoms in total. The average Bonchev–Trinajstić information content (AvgIpc) is 1.97. The minimum atomic E-state index is -1.08. The van der Waals surface area contributed by atoms with Gasteiger partial charge in [-0.3, -0.25) is 9.59 Å². The fourth-order valence-corrected chi connectivity index (χ4v) is 2.33. The Hall–Kier alpha value is -1.06. The zero-order valence-electron chi connectivity index (χ0n) is 9.03. The molecule has 84 valence electrons. The van der Waals surface area contributed by atoms with Crippen LogP contribution < -0.4 is 0 Å². The van der Waals surface area contributed by atoms with Crippen molar-refractivity contribution in [2.24, 2.45) is 5.41 Å². The van der Waals surface area contributed by atoms with Gasteiger partial charge in [-0.15, -0.1) is 0 Å². The molecule has 0 aromatic carbocycles. The third-order valence-corrected chi connectivity index (χ3v) is 3.97. The minimum Gasteiger partial charge on any atom is -0.480 e. The Labute approximate surface area is 89.3 Å². The molecule has 0 aromatic rings. The molecule has 2 fully saturated rings. The second kappa shape index (κ2) is 3.51. The number of rotatable bonds is 3. The van der Waals surface area contributed by atoms with Crippen LogP contribution in [0.25, 0.3) is 0 Å². The van der Waals surface area contributed by atoms with Gasteiger partial charge in [0.1, 0.15) is 5.41 Å².